The monoisotopic (exact) mass is 613 g/mol. The van der Waals surface area contributed by atoms with Gasteiger partial charge in [0.1, 0.15) is 0 Å². The first kappa shape index (κ1) is 27.8. The Hall–Kier alpha value is -6.45. The quantitative estimate of drug-likeness (QED) is 0.186. The molecule has 0 bridgehead atoms. The topological polar surface area (TPSA) is 21.1 Å². The van der Waals surface area contributed by atoms with Crippen LogP contribution in [0.25, 0.3) is 60.6 Å². The Bertz CT molecular complexity index is 2500. The number of fused-ring (bicyclic) bond motifs is 4. The van der Waals surface area contributed by atoms with Crippen LogP contribution in [-0.4, -0.2) is 9.55 Å². The third kappa shape index (κ3) is 4.81. The van der Waals surface area contributed by atoms with Gasteiger partial charge in [0.2, 0.25) is 0 Å². The van der Waals surface area contributed by atoms with Crippen molar-refractivity contribution in [2.75, 3.05) is 4.90 Å². The fourth-order valence-electron chi connectivity index (χ4n) is 6.99. The predicted octanol–water partition coefficient (Wildman–Crippen LogP) is 12.1. The molecule has 0 spiro atoms. The maximum atomic E-state index is 4.85. The molecule has 226 valence electrons. The molecular formula is C45H31N3. The fourth-order valence-corrected chi connectivity index (χ4v) is 6.99. The van der Waals surface area contributed by atoms with Gasteiger partial charge in [0.15, 0.2) is 0 Å². The smallest absolute Gasteiger partial charge is 0.0703 e. The van der Waals surface area contributed by atoms with Crippen LogP contribution in [0.4, 0.5) is 17.1 Å². The Balaban J connectivity index is 1.34. The first-order valence-electron chi connectivity index (χ1n) is 16.3. The minimum Gasteiger partial charge on any atom is -0.310 e. The van der Waals surface area contributed by atoms with Gasteiger partial charge in [-0.05, 0) is 82.9 Å². The number of anilines is 3. The number of nitrogens with zero attached hydrogens (tertiary/aromatic N) is 3. The molecule has 0 atom stereocenters. The molecule has 48 heavy (non-hydrogen) atoms. The zero-order valence-electron chi connectivity index (χ0n) is 26.2. The summed E-state index contributed by atoms with van der Waals surface area (Å²) in [7, 11) is 0. The lowest BCUT2D eigenvalue weighted by Gasteiger charge is -2.28. The highest BCUT2D eigenvalue weighted by molar-refractivity contribution is 6.16. The van der Waals surface area contributed by atoms with E-state index >= 15 is 0 Å². The minimum atomic E-state index is 0.991. The van der Waals surface area contributed by atoms with E-state index in [0.717, 1.165) is 44.7 Å². The van der Waals surface area contributed by atoms with Crippen LogP contribution in [0.2, 0.25) is 0 Å². The predicted molar refractivity (Wildman–Crippen MR) is 202 cm³/mol. The number of benzene rings is 7. The molecule has 0 saturated heterocycles. The summed E-state index contributed by atoms with van der Waals surface area (Å²) in [5, 5.41) is 3.50. The molecule has 7 aromatic carbocycles. The van der Waals surface area contributed by atoms with Crippen molar-refractivity contribution in [3.63, 3.8) is 0 Å². The third-order valence-corrected chi connectivity index (χ3v) is 9.16. The third-order valence-electron chi connectivity index (χ3n) is 9.16. The molecule has 0 aliphatic carbocycles. The van der Waals surface area contributed by atoms with Crippen LogP contribution in [-0.2, 0) is 0 Å². The Labute approximate surface area is 279 Å². The molecule has 0 radical (unpaired) electrons. The van der Waals surface area contributed by atoms with E-state index in [-0.39, 0.29) is 0 Å². The summed E-state index contributed by atoms with van der Waals surface area (Å²) in [6.45, 7) is 0. The summed E-state index contributed by atoms with van der Waals surface area (Å²) in [5.74, 6) is 0. The maximum absolute atomic E-state index is 4.85. The first-order valence-corrected chi connectivity index (χ1v) is 16.3. The SMILES string of the molecule is c1ccc(-c2cc(-c3ccccc3)cc(N(c3ccccc3)c3cccc4c3c3ccccc3n4-c3cnc4ccccc4c3)c2)cc1. The number of aromatic nitrogens is 2. The molecule has 3 nitrogen and oxygen atoms in total. The van der Waals surface area contributed by atoms with Crippen molar-refractivity contribution < 1.29 is 0 Å². The van der Waals surface area contributed by atoms with Crippen molar-refractivity contribution in [1.82, 2.24) is 9.55 Å². The van der Waals surface area contributed by atoms with Crippen molar-refractivity contribution in [2.45, 2.75) is 0 Å². The molecule has 0 aliphatic rings. The van der Waals surface area contributed by atoms with E-state index in [0.29, 0.717) is 0 Å². The van der Waals surface area contributed by atoms with Gasteiger partial charge in [-0.15, -0.1) is 0 Å². The van der Waals surface area contributed by atoms with Gasteiger partial charge in [-0.2, -0.15) is 0 Å². The van der Waals surface area contributed by atoms with Crippen LogP contribution >= 0.6 is 0 Å². The Morgan fingerprint density at radius 2 is 1.04 bits per heavy atom. The number of hydrogen-bond donors (Lipinski definition) is 0. The largest absolute Gasteiger partial charge is 0.310 e. The van der Waals surface area contributed by atoms with Gasteiger partial charge in [-0.25, -0.2) is 0 Å². The highest BCUT2D eigenvalue weighted by atomic mass is 15.1. The summed E-state index contributed by atoms with van der Waals surface area (Å²) < 4.78 is 2.35. The number of pyridine rings is 1. The van der Waals surface area contributed by atoms with E-state index in [1.165, 1.54) is 33.0 Å². The van der Waals surface area contributed by atoms with Gasteiger partial charge in [0, 0.05) is 27.5 Å². The standard InChI is InChI=1S/C45H31N3/c1-4-15-32(16-5-1)35-27-36(33-17-6-2-7-18-33)30-38(29-35)47(37-20-8-3-9-21-37)43-25-14-26-44-45(43)40-22-11-13-24-42(40)48(44)39-28-34-19-10-12-23-41(34)46-31-39/h1-31H. The van der Waals surface area contributed by atoms with Crippen LogP contribution in [0.3, 0.4) is 0 Å². The molecular weight excluding hydrogens is 583 g/mol. The van der Waals surface area contributed by atoms with Crippen LogP contribution in [0.15, 0.2) is 188 Å². The summed E-state index contributed by atoms with van der Waals surface area (Å²) in [4.78, 5) is 7.26. The van der Waals surface area contributed by atoms with E-state index in [2.05, 4.69) is 185 Å². The normalized spacial score (nSPS) is 11.3. The first-order chi connectivity index (χ1) is 23.8. The Morgan fingerprint density at radius 1 is 0.438 bits per heavy atom. The number of para-hydroxylation sites is 3. The van der Waals surface area contributed by atoms with E-state index in [1.54, 1.807) is 0 Å². The Morgan fingerprint density at radius 3 is 1.77 bits per heavy atom. The minimum absolute atomic E-state index is 0.991. The average Bonchev–Trinajstić information content (AvgIpc) is 3.51. The number of hydrogen-bond acceptors (Lipinski definition) is 2. The average molecular weight is 614 g/mol. The molecule has 2 heterocycles. The fraction of sp³-hybridized carbons (Fsp3) is 0. The van der Waals surface area contributed by atoms with Crippen LogP contribution in [0, 0.1) is 0 Å². The van der Waals surface area contributed by atoms with E-state index in [4.69, 9.17) is 4.98 Å². The molecule has 2 aromatic heterocycles. The van der Waals surface area contributed by atoms with Crippen molar-refractivity contribution in [2.24, 2.45) is 0 Å². The van der Waals surface area contributed by atoms with E-state index in [1.807, 2.05) is 12.3 Å². The molecule has 0 aliphatic heterocycles. The van der Waals surface area contributed by atoms with Gasteiger partial charge >= 0.3 is 0 Å². The molecule has 0 N–H and O–H groups in total. The van der Waals surface area contributed by atoms with Gasteiger partial charge in [0.25, 0.3) is 0 Å². The highest BCUT2D eigenvalue weighted by Gasteiger charge is 2.22. The zero-order chi connectivity index (χ0) is 31.9. The molecule has 9 aromatic rings. The van der Waals surface area contributed by atoms with Gasteiger partial charge in [-0.1, -0.05) is 121 Å². The summed E-state index contributed by atoms with van der Waals surface area (Å²) in [6.07, 6.45) is 1.99. The van der Waals surface area contributed by atoms with Crippen LogP contribution in [0.5, 0.6) is 0 Å². The summed E-state index contributed by atoms with van der Waals surface area (Å²) >= 11 is 0. The maximum Gasteiger partial charge on any atom is 0.0703 e. The lowest BCUT2D eigenvalue weighted by atomic mass is 9.97. The Kier molecular flexibility index (Phi) is 6.80. The second kappa shape index (κ2) is 11.7. The van der Waals surface area contributed by atoms with E-state index in [9.17, 15) is 0 Å². The summed E-state index contributed by atoms with van der Waals surface area (Å²) in [5.41, 5.74) is 12.3. The van der Waals surface area contributed by atoms with Crippen molar-refractivity contribution >= 4 is 49.8 Å². The molecule has 3 heteroatoms. The number of rotatable bonds is 6. The molecule has 0 unspecified atom stereocenters. The van der Waals surface area contributed by atoms with Crippen LogP contribution in [0.1, 0.15) is 0 Å². The second-order valence-corrected chi connectivity index (χ2v) is 12.1. The zero-order valence-corrected chi connectivity index (χ0v) is 26.2. The van der Waals surface area contributed by atoms with Gasteiger partial charge in [-0.3, -0.25) is 4.98 Å². The lowest BCUT2D eigenvalue weighted by Crippen LogP contribution is -2.11. The van der Waals surface area contributed by atoms with Crippen LogP contribution < -0.4 is 4.90 Å². The summed E-state index contributed by atoms with van der Waals surface area (Å²) in [6, 6.07) is 64.9. The van der Waals surface area contributed by atoms with Gasteiger partial charge in [0.05, 0.1) is 34.1 Å². The molecule has 0 saturated carbocycles. The van der Waals surface area contributed by atoms with Crippen molar-refractivity contribution in [1.29, 1.82) is 0 Å². The molecule has 9 rings (SSSR count). The van der Waals surface area contributed by atoms with Crippen molar-refractivity contribution in [3.8, 4) is 27.9 Å². The van der Waals surface area contributed by atoms with E-state index < -0.39 is 0 Å². The highest BCUT2D eigenvalue weighted by Crippen LogP contribution is 2.45. The van der Waals surface area contributed by atoms with Gasteiger partial charge < -0.3 is 9.47 Å². The second-order valence-electron chi connectivity index (χ2n) is 12.1. The lowest BCUT2D eigenvalue weighted by molar-refractivity contribution is 1.16. The van der Waals surface area contributed by atoms with Crippen molar-refractivity contribution in [3.05, 3.63) is 188 Å². The molecule has 0 amide bonds. The molecule has 0 fully saturated rings.